The normalized spacial score (nSPS) is 16.4. The number of carbonyl (C=O) groups excluding carboxylic acids is 2. The molecule has 1 aliphatic heterocycles. The van der Waals surface area contributed by atoms with Crippen molar-refractivity contribution < 1.29 is 9.59 Å². The number of aryl methyl sites for hydroxylation is 1. The molecule has 0 saturated carbocycles. The van der Waals surface area contributed by atoms with Crippen molar-refractivity contribution in [3.8, 4) is 0 Å². The van der Waals surface area contributed by atoms with E-state index in [1.165, 1.54) is 6.07 Å². The van der Waals surface area contributed by atoms with E-state index in [-0.39, 0.29) is 17.4 Å². The van der Waals surface area contributed by atoms with Crippen molar-refractivity contribution in [3.05, 3.63) is 44.7 Å². The number of hydrogen-bond acceptors (Lipinski definition) is 3. The number of amides is 2. The molecular formula is C16H11N3O3. The van der Waals surface area contributed by atoms with Gasteiger partial charge < -0.3 is 9.97 Å². The van der Waals surface area contributed by atoms with Crippen LogP contribution in [-0.2, 0) is 12.8 Å². The number of nitrogens with one attached hydrogen (secondary N) is 3. The molecule has 6 nitrogen and oxygen atoms in total. The summed E-state index contributed by atoms with van der Waals surface area (Å²) >= 11 is 0. The molecular weight excluding hydrogens is 282 g/mol. The monoisotopic (exact) mass is 293 g/mol. The van der Waals surface area contributed by atoms with Crippen LogP contribution in [0.4, 0.5) is 0 Å². The topological polar surface area (TPSA) is 94.8 Å². The minimum absolute atomic E-state index is 0.201. The van der Waals surface area contributed by atoms with Gasteiger partial charge in [0.2, 0.25) is 5.56 Å². The largest absolute Gasteiger partial charge is 0.340 e. The minimum atomic E-state index is -0.355. The standard InChI is InChI=1S/C16H11N3O3/c20-9-5-4-8-10-12-11(15(21)19-16(12)22)6-2-1-3-7(6)13(10)18-14(8)17-9/h4-5H,1-3H2,(H2,17,18,20)(H,19,21,22). The van der Waals surface area contributed by atoms with Crippen molar-refractivity contribution in [2.45, 2.75) is 19.3 Å². The van der Waals surface area contributed by atoms with Crippen molar-refractivity contribution in [3.63, 3.8) is 0 Å². The molecule has 3 aromatic rings. The van der Waals surface area contributed by atoms with Crippen LogP contribution in [0.1, 0.15) is 38.3 Å². The Balaban J connectivity index is 2.11. The number of imide groups is 1. The molecule has 1 aliphatic carbocycles. The number of rotatable bonds is 0. The molecule has 2 aliphatic rings. The summed E-state index contributed by atoms with van der Waals surface area (Å²) in [7, 11) is 0. The highest BCUT2D eigenvalue weighted by atomic mass is 16.2. The highest BCUT2D eigenvalue weighted by molar-refractivity contribution is 6.31. The molecule has 3 N–H and O–H groups in total. The maximum atomic E-state index is 12.3. The zero-order chi connectivity index (χ0) is 15.0. The van der Waals surface area contributed by atoms with Crippen molar-refractivity contribution in [2.24, 2.45) is 0 Å². The van der Waals surface area contributed by atoms with Crippen molar-refractivity contribution >= 4 is 33.8 Å². The van der Waals surface area contributed by atoms with Gasteiger partial charge in [0.05, 0.1) is 16.6 Å². The van der Waals surface area contributed by atoms with Gasteiger partial charge in [-0.2, -0.15) is 0 Å². The molecule has 0 saturated heterocycles. The molecule has 5 rings (SSSR count). The lowest BCUT2D eigenvalue weighted by atomic mass is 9.94. The van der Waals surface area contributed by atoms with Crippen molar-refractivity contribution in [2.75, 3.05) is 0 Å². The lowest BCUT2D eigenvalue weighted by molar-refractivity contribution is 0.0880. The first-order valence-corrected chi connectivity index (χ1v) is 7.23. The average molecular weight is 293 g/mol. The Hall–Kier alpha value is -2.89. The summed E-state index contributed by atoms with van der Waals surface area (Å²) in [5.74, 6) is -0.661. The van der Waals surface area contributed by atoms with Gasteiger partial charge in [-0.05, 0) is 36.5 Å². The molecule has 0 atom stereocenters. The fraction of sp³-hybridized carbons (Fsp3) is 0.188. The Morgan fingerprint density at radius 2 is 1.64 bits per heavy atom. The van der Waals surface area contributed by atoms with Gasteiger partial charge in [0.1, 0.15) is 5.65 Å². The average Bonchev–Trinajstić information content (AvgIpc) is 3.13. The fourth-order valence-electron chi connectivity index (χ4n) is 3.87. The van der Waals surface area contributed by atoms with E-state index >= 15 is 0 Å². The number of fused-ring (bicyclic) bond motifs is 8. The second kappa shape index (κ2) is 3.65. The summed E-state index contributed by atoms with van der Waals surface area (Å²) in [5, 5.41) is 3.92. The molecule has 0 bridgehead atoms. The highest BCUT2D eigenvalue weighted by Gasteiger charge is 2.36. The van der Waals surface area contributed by atoms with Crippen LogP contribution in [0.3, 0.4) is 0 Å². The van der Waals surface area contributed by atoms with Gasteiger partial charge in [0, 0.05) is 16.8 Å². The van der Waals surface area contributed by atoms with Crippen molar-refractivity contribution in [1.82, 2.24) is 15.3 Å². The molecule has 2 aromatic heterocycles. The Morgan fingerprint density at radius 1 is 0.864 bits per heavy atom. The van der Waals surface area contributed by atoms with E-state index in [1.54, 1.807) is 6.07 Å². The van der Waals surface area contributed by atoms with E-state index in [4.69, 9.17) is 0 Å². The Bertz CT molecular complexity index is 1090. The SMILES string of the molecule is O=C1NC(=O)c2c1c1c(c3[nH]c4[nH]c(=O)ccc4c23)CCC1. The molecule has 0 fully saturated rings. The predicted octanol–water partition coefficient (Wildman–Crippen LogP) is 1.38. The van der Waals surface area contributed by atoms with Crippen LogP contribution in [-0.4, -0.2) is 21.8 Å². The predicted molar refractivity (Wildman–Crippen MR) is 80.2 cm³/mol. The van der Waals surface area contributed by atoms with E-state index in [9.17, 15) is 14.4 Å². The van der Waals surface area contributed by atoms with Crippen molar-refractivity contribution in [1.29, 1.82) is 0 Å². The van der Waals surface area contributed by atoms with E-state index in [0.29, 0.717) is 16.8 Å². The van der Waals surface area contributed by atoms with Crippen LogP contribution in [0.2, 0.25) is 0 Å². The van der Waals surface area contributed by atoms with Crippen LogP contribution in [0.15, 0.2) is 16.9 Å². The number of benzene rings is 1. The van der Waals surface area contributed by atoms with Crippen LogP contribution in [0.25, 0.3) is 21.9 Å². The number of aromatic amines is 2. The van der Waals surface area contributed by atoms with Gasteiger partial charge >= 0.3 is 0 Å². The second-order valence-corrected chi connectivity index (χ2v) is 5.83. The quantitative estimate of drug-likeness (QED) is 0.546. The first kappa shape index (κ1) is 11.7. The minimum Gasteiger partial charge on any atom is -0.340 e. The van der Waals surface area contributed by atoms with Gasteiger partial charge in [-0.25, -0.2) is 0 Å². The Kier molecular flexibility index (Phi) is 1.95. The maximum absolute atomic E-state index is 12.3. The fourth-order valence-corrected chi connectivity index (χ4v) is 3.87. The number of pyridine rings is 1. The van der Waals surface area contributed by atoms with Crippen LogP contribution >= 0.6 is 0 Å². The van der Waals surface area contributed by atoms with Crippen LogP contribution in [0, 0.1) is 0 Å². The van der Waals surface area contributed by atoms with Crippen LogP contribution < -0.4 is 10.9 Å². The number of carbonyl (C=O) groups is 2. The molecule has 2 amide bonds. The lowest BCUT2D eigenvalue weighted by Gasteiger charge is -2.07. The molecule has 3 heterocycles. The van der Waals surface area contributed by atoms with Gasteiger partial charge in [0.25, 0.3) is 11.8 Å². The third kappa shape index (κ3) is 1.23. The lowest BCUT2D eigenvalue weighted by Crippen LogP contribution is -2.20. The first-order chi connectivity index (χ1) is 10.6. The molecule has 1 aromatic carbocycles. The van der Waals surface area contributed by atoms with Gasteiger partial charge in [0.15, 0.2) is 0 Å². The maximum Gasteiger partial charge on any atom is 0.259 e. The third-order valence-electron chi connectivity index (χ3n) is 4.69. The first-order valence-electron chi connectivity index (χ1n) is 7.23. The van der Waals surface area contributed by atoms with Gasteiger partial charge in [-0.3, -0.25) is 19.7 Å². The Morgan fingerprint density at radius 3 is 2.50 bits per heavy atom. The summed E-state index contributed by atoms with van der Waals surface area (Å²) in [4.78, 5) is 42.0. The highest BCUT2D eigenvalue weighted by Crippen LogP contribution is 2.40. The summed E-state index contributed by atoms with van der Waals surface area (Å²) in [6, 6.07) is 3.13. The van der Waals surface area contributed by atoms with Crippen LogP contribution in [0.5, 0.6) is 0 Å². The molecule has 0 radical (unpaired) electrons. The van der Waals surface area contributed by atoms with E-state index in [2.05, 4.69) is 15.3 Å². The van der Waals surface area contributed by atoms with E-state index in [1.807, 2.05) is 0 Å². The number of aromatic nitrogens is 2. The summed E-state index contributed by atoms with van der Waals surface area (Å²) < 4.78 is 0. The zero-order valence-electron chi connectivity index (χ0n) is 11.5. The summed E-state index contributed by atoms with van der Waals surface area (Å²) in [6.45, 7) is 0. The second-order valence-electron chi connectivity index (χ2n) is 5.83. The summed E-state index contributed by atoms with van der Waals surface area (Å²) in [6.07, 6.45) is 2.64. The number of H-pyrrole nitrogens is 2. The zero-order valence-corrected chi connectivity index (χ0v) is 11.5. The third-order valence-corrected chi connectivity index (χ3v) is 4.69. The molecule has 22 heavy (non-hydrogen) atoms. The van der Waals surface area contributed by atoms with E-state index in [0.717, 1.165) is 46.7 Å². The Labute approximate surface area is 123 Å². The van der Waals surface area contributed by atoms with Gasteiger partial charge in [-0.15, -0.1) is 0 Å². The molecule has 0 spiro atoms. The summed E-state index contributed by atoms with van der Waals surface area (Å²) in [5.41, 5.74) is 4.30. The van der Waals surface area contributed by atoms with Gasteiger partial charge in [-0.1, -0.05) is 0 Å². The smallest absolute Gasteiger partial charge is 0.259 e. The molecule has 6 heteroatoms. The van der Waals surface area contributed by atoms with E-state index < -0.39 is 0 Å². The molecule has 0 unspecified atom stereocenters. The number of hydrogen-bond donors (Lipinski definition) is 3. The molecule has 108 valence electrons.